The average Bonchev–Trinajstić information content (AvgIpc) is 2.98. The van der Waals surface area contributed by atoms with Gasteiger partial charge in [0.25, 0.3) is 0 Å². The lowest BCUT2D eigenvalue weighted by molar-refractivity contribution is 0.104. The molecular formula is C19H12ClN3OS. The second-order valence-corrected chi connectivity index (χ2v) is 6.91. The number of hydrogen-bond donors (Lipinski definition) is 1. The van der Waals surface area contributed by atoms with Gasteiger partial charge < -0.3 is 5.73 Å². The Bertz CT molecular complexity index is 1080. The molecule has 122 valence electrons. The van der Waals surface area contributed by atoms with Gasteiger partial charge in [-0.1, -0.05) is 11.6 Å². The number of carbonyl (C=O) groups is 1. The Balaban J connectivity index is 1.79. The maximum Gasteiger partial charge on any atom is 0.205 e. The number of halogens is 1. The van der Waals surface area contributed by atoms with Crippen LogP contribution in [0.4, 0.5) is 5.69 Å². The van der Waals surface area contributed by atoms with E-state index in [1.54, 1.807) is 36.7 Å². The molecule has 2 N–H and O–H groups in total. The van der Waals surface area contributed by atoms with Crippen LogP contribution < -0.4 is 5.73 Å². The van der Waals surface area contributed by atoms with Gasteiger partial charge in [0.15, 0.2) is 0 Å². The van der Waals surface area contributed by atoms with Crippen molar-refractivity contribution in [3.05, 3.63) is 76.4 Å². The zero-order chi connectivity index (χ0) is 17.4. The summed E-state index contributed by atoms with van der Waals surface area (Å²) in [5.41, 5.74) is 8.94. The van der Waals surface area contributed by atoms with Gasteiger partial charge in [-0.15, -0.1) is 11.3 Å². The van der Waals surface area contributed by atoms with E-state index in [9.17, 15) is 4.79 Å². The third kappa shape index (κ3) is 2.88. The van der Waals surface area contributed by atoms with Gasteiger partial charge in [-0.2, -0.15) is 0 Å². The molecule has 4 rings (SSSR count). The monoisotopic (exact) mass is 365 g/mol. The summed E-state index contributed by atoms with van der Waals surface area (Å²) in [6.45, 7) is 0. The lowest BCUT2D eigenvalue weighted by atomic mass is 10.1. The maximum absolute atomic E-state index is 12.8. The molecule has 1 aromatic carbocycles. The Morgan fingerprint density at radius 3 is 2.60 bits per heavy atom. The van der Waals surface area contributed by atoms with E-state index in [2.05, 4.69) is 9.97 Å². The van der Waals surface area contributed by atoms with E-state index in [1.165, 1.54) is 11.3 Å². The first kappa shape index (κ1) is 15.7. The van der Waals surface area contributed by atoms with Crippen molar-refractivity contribution >= 4 is 44.6 Å². The molecule has 0 fully saturated rings. The lowest BCUT2D eigenvalue weighted by Gasteiger charge is -2.00. The van der Waals surface area contributed by atoms with Crippen molar-refractivity contribution in [1.29, 1.82) is 0 Å². The quantitative estimate of drug-likeness (QED) is 0.528. The van der Waals surface area contributed by atoms with Gasteiger partial charge in [0.2, 0.25) is 5.78 Å². The van der Waals surface area contributed by atoms with Crippen molar-refractivity contribution < 1.29 is 4.79 Å². The van der Waals surface area contributed by atoms with Crippen molar-refractivity contribution in [2.75, 3.05) is 5.73 Å². The highest BCUT2D eigenvalue weighted by atomic mass is 35.5. The number of anilines is 1. The van der Waals surface area contributed by atoms with Gasteiger partial charge in [-0.05, 0) is 48.5 Å². The summed E-state index contributed by atoms with van der Waals surface area (Å²) >= 11 is 7.19. The molecule has 0 atom stereocenters. The molecule has 0 bridgehead atoms. The summed E-state index contributed by atoms with van der Waals surface area (Å²) in [4.78, 5) is 22.7. The van der Waals surface area contributed by atoms with E-state index in [4.69, 9.17) is 17.3 Å². The molecule has 0 aliphatic heterocycles. The molecule has 4 aromatic rings. The number of nitrogens with two attached hydrogens (primary N) is 1. The minimum Gasteiger partial charge on any atom is -0.397 e. The van der Waals surface area contributed by atoms with Gasteiger partial charge in [0.05, 0.1) is 11.4 Å². The van der Waals surface area contributed by atoms with E-state index in [0.29, 0.717) is 21.2 Å². The number of carbonyl (C=O) groups excluding carboxylic acids is 1. The van der Waals surface area contributed by atoms with Crippen molar-refractivity contribution in [3.8, 4) is 11.3 Å². The van der Waals surface area contributed by atoms with E-state index in [-0.39, 0.29) is 5.78 Å². The molecule has 0 saturated heterocycles. The van der Waals surface area contributed by atoms with E-state index >= 15 is 0 Å². The van der Waals surface area contributed by atoms with Crippen LogP contribution in [0.25, 0.3) is 21.5 Å². The first-order valence-electron chi connectivity index (χ1n) is 7.53. The van der Waals surface area contributed by atoms with Crippen LogP contribution in [-0.4, -0.2) is 15.8 Å². The molecule has 0 amide bonds. The fourth-order valence-electron chi connectivity index (χ4n) is 2.57. The molecule has 0 radical (unpaired) electrons. The van der Waals surface area contributed by atoms with Crippen LogP contribution in [0.15, 0.2) is 60.9 Å². The van der Waals surface area contributed by atoms with Gasteiger partial charge in [-0.25, -0.2) is 4.98 Å². The summed E-state index contributed by atoms with van der Waals surface area (Å²) < 4.78 is 0. The summed E-state index contributed by atoms with van der Waals surface area (Å²) in [5.74, 6) is -0.125. The highest BCUT2D eigenvalue weighted by Gasteiger charge is 2.19. The number of ketones is 1. The Morgan fingerprint density at radius 1 is 1.08 bits per heavy atom. The lowest BCUT2D eigenvalue weighted by Crippen LogP contribution is -2.01. The predicted molar refractivity (Wildman–Crippen MR) is 102 cm³/mol. The Labute approximate surface area is 152 Å². The largest absolute Gasteiger partial charge is 0.397 e. The number of nitrogen functional groups attached to an aromatic ring is 1. The number of aromatic nitrogens is 2. The summed E-state index contributed by atoms with van der Waals surface area (Å²) in [7, 11) is 0. The molecule has 0 aliphatic carbocycles. The summed E-state index contributed by atoms with van der Waals surface area (Å²) in [6, 6.07) is 14.4. The predicted octanol–water partition coefficient (Wildman–Crippen LogP) is 4.82. The fourth-order valence-corrected chi connectivity index (χ4v) is 3.76. The highest BCUT2D eigenvalue weighted by Crippen LogP contribution is 2.35. The SMILES string of the molecule is Nc1c(C(=O)c2ccc(Cl)cc2)sc2nc(-c3cccnc3)ccc12. The third-order valence-corrected chi connectivity index (χ3v) is 5.23. The molecule has 3 heterocycles. The van der Waals surface area contributed by atoms with E-state index < -0.39 is 0 Å². The number of thiophene rings is 1. The molecule has 0 spiro atoms. The van der Waals surface area contributed by atoms with Gasteiger partial charge >= 0.3 is 0 Å². The van der Waals surface area contributed by atoms with Crippen LogP contribution in [0.2, 0.25) is 5.02 Å². The number of rotatable bonds is 3. The minimum absolute atomic E-state index is 0.125. The number of benzene rings is 1. The Kier molecular flexibility index (Phi) is 3.95. The first-order valence-corrected chi connectivity index (χ1v) is 8.72. The van der Waals surface area contributed by atoms with Crippen molar-refractivity contribution in [2.24, 2.45) is 0 Å². The normalized spacial score (nSPS) is 10.9. The van der Waals surface area contributed by atoms with Gasteiger partial charge in [-0.3, -0.25) is 9.78 Å². The fraction of sp³-hybridized carbons (Fsp3) is 0. The van der Waals surface area contributed by atoms with Crippen molar-refractivity contribution in [1.82, 2.24) is 9.97 Å². The van der Waals surface area contributed by atoms with Crippen LogP contribution >= 0.6 is 22.9 Å². The zero-order valence-electron chi connectivity index (χ0n) is 12.9. The van der Waals surface area contributed by atoms with E-state index in [0.717, 1.165) is 21.5 Å². The molecular weight excluding hydrogens is 354 g/mol. The summed E-state index contributed by atoms with van der Waals surface area (Å²) in [6.07, 6.45) is 3.47. The smallest absolute Gasteiger partial charge is 0.205 e. The molecule has 6 heteroatoms. The van der Waals surface area contributed by atoms with Crippen molar-refractivity contribution in [2.45, 2.75) is 0 Å². The van der Waals surface area contributed by atoms with Crippen LogP contribution in [0, 0.1) is 0 Å². The zero-order valence-corrected chi connectivity index (χ0v) is 14.5. The van der Waals surface area contributed by atoms with Crippen LogP contribution in [0.5, 0.6) is 0 Å². The molecule has 0 unspecified atom stereocenters. The second kappa shape index (κ2) is 6.27. The van der Waals surface area contributed by atoms with Gasteiger partial charge in [0.1, 0.15) is 9.71 Å². The average molecular weight is 366 g/mol. The topological polar surface area (TPSA) is 68.9 Å². The summed E-state index contributed by atoms with van der Waals surface area (Å²) in [5, 5.41) is 1.37. The maximum atomic E-state index is 12.8. The van der Waals surface area contributed by atoms with Gasteiger partial charge in [0, 0.05) is 33.9 Å². The Morgan fingerprint density at radius 2 is 1.88 bits per heavy atom. The number of hydrogen-bond acceptors (Lipinski definition) is 5. The second-order valence-electron chi connectivity index (χ2n) is 5.47. The molecule has 4 nitrogen and oxygen atoms in total. The third-order valence-electron chi connectivity index (χ3n) is 3.86. The number of fused-ring (bicyclic) bond motifs is 1. The highest BCUT2D eigenvalue weighted by molar-refractivity contribution is 7.21. The molecule has 0 saturated carbocycles. The molecule has 25 heavy (non-hydrogen) atoms. The van der Waals surface area contributed by atoms with Crippen LogP contribution in [-0.2, 0) is 0 Å². The first-order chi connectivity index (χ1) is 12.1. The van der Waals surface area contributed by atoms with Crippen LogP contribution in [0.1, 0.15) is 15.2 Å². The number of pyridine rings is 2. The van der Waals surface area contributed by atoms with Crippen molar-refractivity contribution in [3.63, 3.8) is 0 Å². The van der Waals surface area contributed by atoms with Crippen LogP contribution in [0.3, 0.4) is 0 Å². The minimum atomic E-state index is -0.125. The molecule has 3 aromatic heterocycles. The molecule has 0 aliphatic rings. The van der Waals surface area contributed by atoms with E-state index in [1.807, 2.05) is 24.3 Å². The standard InChI is InChI=1S/C19H12ClN3OS/c20-13-5-3-11(4-6-13)17(24)18-16(21)14-7-8-15(23-19(14)25-18)12-2-1-9-22-10-12/h1-10H,21H2. The number of nitrogens with zero attached hydrogens (tertiary/aromatic N) is 2. The Hall–Kier alpha value is -2.76.